The van der Waals surface area contributed by atoms with Gasteiger partial charge in [-0.2, -0.15) is 0 Å². The summed E-state index contributed by atoms with van der Waals surface area (Å²) in [7, 11) is 0. The van der Waals surface area contributed by atoms with Crippen LogP contribution in [0.15, 0.2) is 52.4 Å². The third-order valence-electron chi connectivity index (χ3n) is 2.64. The monoisotopic (exact) mass is 290 g/mol. The zero-order chi connectivity index (χ0) is 13.1. The molecule has 96 valence electrons. The number of halogens is 1. The molecule has 3 aromatic rings. The maximum absolute atomic E-state index is 5.86. The molecule has 0 saturated heterocycles. The number of anilines is 1. The summed E-state index contributed by atoms with van der Waals surface area (Å²) in [5.74, 6) is 1.72. The molecule has 0 aliphatic carbocycles. The first kappa shape index (κ1) is 12.3. The highest BCUT2D eigenvalue weighted by Gasteiger charge is 2.05. The van der Waals surface area contributed by atoms with E-state index >= 15 is 0 Å². The predicted molar refractivity (Wildman–Crippen MR) is 78.6 cm³/mol. The molecule has 0 bridgehead atoms. The van der Waals surface area contributed by atoms with Crippen molar-refractivity contribution in [2.24, 2.45) is 0 Å². The fourth-order valence-corrected chi connectivity index (χ4v) is 2.37. The molecule has 19 heavy (non-hydrogen) atoms. The third kappa shape index (κ3) is 2.97. The van der Waals surface area contributed by atoms with E-state index in [4.69, 9.17) is 16.0 Å². The molecule has 3 nitrogen and oxygen atoms in total. The molecular formula is C14H11ClN2OS. The van der Waals surface area contributed by atoms with Crippen molar-refractivity contribution < 1.29 is 4.42 Å². The Bertz CT molecular complexity index is 646. The molecule has 0 spiro atoms. The Labute approximate surface area is 119 Å². The Balaban J connectivity index is 1.70. The Morgan fingerprint density at radius 2 is 2.00 bits per heavy atom. The fraction of sp³-hybridized carbons (Fsp3) is 0.0714. The SMILES string of the molecule is Clc1ccc(-c2ccc(CNc3nccs3)o2)cc1. The molecule has 0 saturated carbocycles. The van der Waals surface area contributed by atoms with Crippen molar-refractivity contribution in [1.82, 2.24) is 4.98 Å². The summed E-state index contributed by atoms with van der Waals surface area (Å²) in [6.45, 7) is 0.626. The number of hydrogen-bond donors (Lipinski definition) is 1. The van der Waals surface area contributed by atoms with Gasteiger partial charge in [0.1, 0.15) is 11.5 Å². The van der Waals surface area contributed by atoms with Gasteiger partial charge in [0.05, 0.1) is 6.54 Å². The van der Waals surface area contributed by atoms with Crippen molar-refractivity contribution >= 4 is 28.1 Å². The van der Waals surface area contributed by atoms with Crippen LogP contribution in [0.5, 0.6) is 0 Å². The molecule has 1 aromatic carbocycles. The van der Waals surface area contributed by atoms with E-state index in [-0.39, 0.29) is 0 Å². The van der Waals surface area contributed by atoms with Crippen molar-refractivity contribution in [3.05, 3.63) is 58.8 Å². The van der Waals surface area contributed by atoms with Crippen LogP contribution in [0.4, 0.5) is 5.13 Å². The fourth-order valence-electron chi connectivity index (χ4n) is 1.72. The van der Waals surface area contributed by atoms with Crippen LogP contribution in [0.2, 0.25) is 5.02 Å². The van der Waals surface area contributed by atoms with Crippen LogP contribution in [0.25, 0.3) is 11.3 Å². The van der Waals surface area contributed by atoms with Crippen molar-refractivity contribution in [2.75, 3.05) is 5.32 Å². The van der Waals surface area contributed by atoms with E-state index in [2.05, 4.69) is 10.3 Å². The van der Waals surface area contributed by atoms with Crippen LogP contribution in [0, 0.1) is 0 Å². The summed E-state index contributed by atoms with van der Waals surface area (Å²) in [5.41, 5.74) is 1.02. The summed E-state index contributed by atoms with van der Waals surface area (Å²) >= 11 is 7.43. The lowest BCUT2D eigenvalue weighted by atomic mass is 10.2. The molecule has 0 fully saturated rings. The van der Waals surface area contributed by atoms with Crippen molar-refractivity contribution in [1.29, 1.82) is 0 Å². The average molecular weight is 291 g/mol. The van der Waals surface area contributed by atoms with Gasteiger partial charge in [0.15, 0.2) is 5.13 Å². The number of rotatable bonds is 4. The van der Waals surface area contributed by atoms with Crippen LogP contribution >= 0.6 is 22.9 Å². The van der Waals surface area contributed by atoms with Gasteiger partial charge < -0.3 is 9.73 Å². The number of thiazole rings is 1. The summed E-state index contributed by atoms with van der Waals surface area (Å²) in [6.07, 6.45) is 1.77. The number of hydrogen-bond acceptors (Lipinski definition) is 4. The molecular weight excluding hydrogens is 280 g/mol. The van der Waals surface area contributed by atoms with E-state index in [1.165, 1.54) is 0 Å². The van der Waals surface area contributed by atoms with E-state index in [0.29, 0.717) is 6.54 Å². The van der Waals surface area contributed by atoms with Gasteiger partial charge in [0.25, 0.3) is 0 Å². The lowest BCUT2D eigenvalue weighted by Crippen LogP contribution is -1.96. The van der Waals surface area contributed by atoms with Crippen LogP contribution in [-0.4, -0.2) is 4.98 Å². The number of aromatic nitrogens is 1. The van der Waals surface area contributed by atoms with Gasteiger partial charge in [-0.15, -0.1) is 11.3 Å². The minimum absolute atomic E-state index is 0.626. The molecule has 0 aliphatic rings. The Morgan fingerprint density at radius 3 is 2.74 bits per heavy atom. The zero-order valence-electron chi connectivity index (χ0n) is 9.97. The lowest BCUT2D eigenvalue weighted by molar-refractivity contribution is 0.531. The predicted octanol–water partition coefficient (Wildman–Crippen LogP) is 4.67. The summed E-state index contributed by atoms with van der Waals surface area (Å²) in [6, 6.07) is 11.5. The molecule has 3 rings (SSSR count). The maximum atomic E-state index is 5.86. The second-order valence-electron chi connectivity index (χ2n) is 3.96. The van der Waals surface area contributed by atoms with Gasteiger partial charge in [-0.05, 0) is 36.4 Å². The van der Waals surface area contributed by atoms with E-state index in [1.807, 2.05) is 41.8 Å². The first-order valence-electron chi connectivity index (χ1n) is 5.79. The average Bonchev–Trinajstić information content (AvgIpc) is 3.09. The highest BCUT2D eigenvalue weighted by atomic mass is 35.5. The quantitative estimate of drug-likeness (QED) is 0.759. The van der Waals surface area contributed by atoms with E-state index < -0.39 is 0 Å². The summed E-state index contributed by atoms with van der Waals surface area (Å²) in [5, 5.41) is 6.76. The molecule has 5 heteroatoms. The topological polar surface area (TPSA) is 38.1 Å². The molecule has 0 atom stereocenters. The molecule has 0 amide bonds. The highest BCUT2D eigenvalue weighted by Crippen LogP contribution is 2.24. The first-order valence-corrected chi connectivity index (χ1v) is 7.05. The van der Waals surface area contributed by atoms with Crippen molar-refractivity contribution in [3.63, 3.8) is 0 Å². The van der Waals surface area contributed by atoms with Gasteiger partial charge in [-0.1, -0.05) is 11.6 Å². The summed E-state index contributed by atoms with van der Waals surface area (Å²) in [4.78, 5) is 4.16. The molecule has 0 radical (unpaired) electrons. The number of nitrogens with one attached hydrogen (secondary N) is 1. The molecule has 0 aliphatic heterocycles. The third-order valence-corrected chi connectivity index (χ3v) is 3.62. The Hall–Kier alpha value is -1.78. The van der Waals surface area contributed by atoms with E-state index in [1.54, 1.807) is 17.5 Å². The first-order chi connectivity index (χ1) is 9.31. The zero-order valence-corrected chi connectivity index (χ0v) is 11.5. The molecule has 1 N–H and O–H groups in total. The lowest BCUT2D eigenvalue weighted by Gasteiger charge is -2.00. The van der Waals surface area contributed by atoms with Gasteiger partial charge in [0, 0.05) is 22.2 Å². The molecule has 2 aromatic heterocycles. The Morgan fingerprint density at radius 1 is 1.16 bits per heavy atom. The van der Waals surface area contributed by atoms with Crippen LogP contribution in [-0.2, 0) is 6.54 Å². The van der Waals surface area contributed by atoms with Crippen LogP contribution in [0.3, 0.4) is 0 Å². The normalized spacial score (nSPS) is 10.6. The van der Waals surface area contributed by atoms with Gasteiger partial charge in [0.2, 0.25) is 0 Å². The smallest absolute Gasteiger partial charge is 0.182 e. The molecule has 2 heterocycles. The maximum Gasteiger partial charge on any atom is 0.182 e. The second-order valence-corrected chi connectivity index (χ2v) is 5.29. The highest BCUT2D eigenvalue weighted by molar-refractivity contribution is 7.13. The number of benzene rings is 1. The minimum Gasteiger partial charge on any atom is -0.459 e. The Kier molecular flexibility index (Phi) is 3.53. The van der Waals surface area contributed by atoms with Gasteiger partial charge >= 0.3 is 0 Å². The van der Waals surface area contributed by atoms with Gasteiger partial charge in [-0.3, -0.25) is 0 Å². The molecule has 0 unspecified atom stereocenters. The van der Waals surface area contributed by atoms with Crippen molar-refractivity contribution in [2.45, 2.75) is 6.54 Å². The van der Waals surface area contributed by atoms with Crippen molar-refractivity contribution in [3.8, 4) is 11.3 Å². The van der Waals surface area contributed by atoms with Crippen LogP contribution in [0.1, 0.15) is 5.76 Å². The van der Waals surface area contributed by atoms with Crippen LogP contribution < -0.4 is 5.32 Å². The van der Waals surface area contributed by atoms with E-state index in [0.717, 1.165) is 27.2 Å². The minimum atomic E-state index is 0.626. The second kappa shape index (κ2) is 5.47. The standard InChI is InChI=1S/C14H11ClN2OS/c15-11-3-1-10(2-4-11)13-6-5-12(18-13)9-17-14-16-7-8-19-14/h1-8H,9H2,(H,16,17). The summed E-state index contributed by atoms with van der Waals surface area (Å²) < 4.78 is 5.78. The largest absolute Gasteiger partial charge is 0.459 e. The van der Waals surface area contributed by atoms with Gasteiger partial charge in [-0.25, -0.2) is 4.98 Å². The van der Waals surface area contributed by atoms with E-state index in [9.17, 15) is 0 Å². The number of nitrogens with zero attached hydrogens (tertiary/aromatic N) is 1. The number of furan rings is 1.